The number of ketones is 1. The summed E-state index contributed by atoms with van der Waals surface area (Å²) in [6, 6.07) is 7.21. The molecule has 0 radical (unpaired) electrons. The third kappa shape index (κ3) is 4.24. The molecular formula is C29H35NO4. The van der Waals surface area contributed by atoms with E-state index >= 15 is 0 Å². The number of aryl methyl sites for hydroxylation is 1. The molecule has 1 saturated carbocycles. The Hall–Kier alpha value is -3.08. The van der Waals surface area contributed by atoms with Crippen LogP contribution in [0.25, 0.3) is 11.1 Å². The second kappa shape index (κ2) is 9.65. The van der Waals surface area contributed by atoms with Gasteiger partial charge >= 0.3 is 0 Å². The normalized spacial score (nSPS) is 26.7. The molecule has 0 amide bonds. The molecule has 1 N–H and O–H groups in total. The monoisotopic (exact) mass is 461 g/mol. The number of hydrogen-bond donors (Lipinski definition) is 1. The fourth-order valence-corrected chi connectivity index (χ4v) is 6.03. The van der Waals surface area contributed by atoms with E-state index in [9.17, 15) is 14.7 Å². The van der Waals surface area contributed by atoms with Crippen molar-refractivity contribution in [2.45, 2.75) is 40.0 Å². The highest BCUT2D eigenvalue weighted by molar-refractivity contribution is 6.03. The molecule has 0 aliphatic heterocycles. The highest BCUT2D eigenvalue weighted by Crippen LogP contribution is 2.49. The van der Waals surface area contributed by atoms with E-state index in [4.69, 9.17) is 4.74 Å². The molecule has 5 atom stereocenters. The first-order chi connectivity index (χ1) is 16.3. The van der Waals surface area contributed by atoms with Crippen LogP contribution in [0, 0.1) is 29.6 Å². The number of rotatable bonds is 5. The zero-order valence-electron chi connectivity index (χ0n) is 20.7. The fourth-order valence-electron chi connectivity index (χ4n) is 6.03. The average Bonchev–Trinajstić information content (AvgIpc) is 2.83. The number of nitrogens with zero attached hydrogens (tertiary/aromatic N) is 1. The van der Waals surface area contributed by atoms with E-state index in [0.717, 1.165) is 12.8 Å². The molecule has 1 aromatic heterocycles. The topological polar surface area (TPSA) is 68.5 Å². The number of carbonyl (C=O) groups is 1. The number of pyridine rings is 1. The van der Waals surface area contributed by atoms with Crippen molar-refractivity contribution in [3.05, 3.63) is 70.2 Å². The zero-order valence-corrected chi connectivity index (χ0v) is 20.7. The summed E-state index contributed by atoms with van der Waals surface area (Å²) in [7, 11) is 3.21. The number of hydrogen-bond acceptors (Lipinski definition) is 4. The summed E-state index contributed by atoms with van der Waals surface area (Å²) in [5, 5.41) is 11.2. The van der Waals surface area contributed by atoms with E-state index in [2.05, 4.69) is 26.0 Å². The Balaban J connectivity index is 1.82. The Morgan fingerprint density at radius 2 is 1.91 bits per heavy atom. The molecular weight excluding hydrogens is 426 g/mol. The Kier molecular flexibility index (Phi) is 6.83. The molecule has 0 unspecified atom stereocenters. The lowest BCUT2D eigenvalue weighted by Gasteiger charge is -2.45. The number of aromatic nitrogens is 1. The van der Waals surface area contributed by atoms with Gasteiger partial charge in [-0.25, -0.2) is 0 Å². The number of fused-ring (bicyclic) bond motifs is 1. The van der Waals surface area contributed by atoms with Crippen LogP contribution >= 0.6 is 0 Å². The molecule has 2 aliphatic rings. The SMILES string of the molecule is C/C=C/[C@@H]1[C@H]2C[C@@H](C)CC[C@@H]2C(C)=C[C@H]1C(=O)c1c(O)c(-c2ccc(OC)cc2)cn(C)c1=O. The van der Waals surface area contributed by atoms with Gasteiger partial charge in [0.05, 0.1) is 7.11 Å². The third-order valence-electron chi connectivity index (χ3n) is 7.81. The lowest BCUT2D eigenvalue weighted by atomic mass is 9.59. The number of aromatic hydroxyl groups is 1. The van der Waals surface area contributed by atoms with Crippen molar-refractivity contribution < 1.29 is 14.6 Å². The van der Waals surface area contributed by atoms with Gasteiger partial charge < -0.3 is 14.4 Å². The third-order valence-corrected chi connectivity index (χ3v) is 7.81. The van der Waals surface area contributed by atoms with Crippen molar-refractivity contribution in [2.75, 3.05) is 7.11 Å². The van der Waals surface area contributed by atoms with Gasteiger partial charge in [0.2, 0.25) is 0 Å². The first-order valence-corrected chi connectivity index (χ1v) is 12.2. The second-order valence-corrected chi connectivity index (χ2v) is 10.0. The largest absolute Gasteiger partial charge is 0.506 e. The molecule has 34 heavy (non-hydrogen) atoms. The maximum atomic E-state index is 14.0. The fraction of sp³-hybridized carbons (Fsp3) is 0.448. The number of Topliss-reactive ketones (excluding diaryl/α,β-unsaturated/α-hetero) is 1. The first-order valence-electron chi connectivity index (χ1n) is 12.2. The predicted octanol–water partition coefficient (Wildman–Crippen LogP) is 5.77. The summed E-state index contributed by atoms with van der Waals surface area (Å²) >= 11 is 0. The molecule has 5 nitrogen and oxygen atoms in total. The molecule has 1 fully saturated rings. The van der Waals surface area contributed by atoms with E-state index in [1.54, 1.807) is 32.5 Å². The van der Waals surface area contributed by atoms with Crippen LogP contribution in [0.3, 0.4) is 0 Å². The van der Waals surface area contributed by atoms with Gasteiger partial charge in [-0.1, -0.05) is 49.3 Å². The summed E-state index contributed by atoms with van der Waals surface area (Å²) in [5.41, 5.74) is 1.81. The Labute approximate surface area is 201 Å². The van der Waals surface area contributed by atoms with Gasteiger partial charge in [-0.15, -0.1) is 0 Å². The minimum atomic E-state index is -0.468. The summed E-state index contributed by atoms with van der Waals surface area (Å²) in [6.07, 6.45) is 11.2. The van der Waals surface area contributed by atoms with Gasteiger partial charge in [-0.3, -0.25) is 9.59 Å². The highest BCUT2D eigenvalue weighted by Gasteiger charge is 2.43. The Bertz CT molecular complexity index is 1190. The lowest BCUT2D eigenvalue weighted by Crippen LogP contribution is -2.41. The van der Waals surface area contributed by atoms with Crippen molar-refractivity contribution in [2.24, 2.45) is 36.6 Å². The van der Waals surface area contributed by atoms with Crippen LogP contribution in [0.1, 0.15) is 50.4 Å². The molecule has 0 saturated heterocycles. The zero-order chi connectivity index (χ0) is 24.6. The molecule has 1 aromatic carbocycles. The van der Waals surface area contributed by atoms with Gasteiger partial charge in [-0.2, -0.15) is 0 Å². The van der Waals surface area contributed by atoms with E-state index in [1.807, 2.05) is 25.1 Å². The molecule has 0 spiro atoms. The summed E-state index contributed by atoms with van der Waals surface area (Å²) in [5.74, 6) is 1.16. The number of carbonyl (C=O) groups excluding carboxylic acids is 1. The highest BCUT2D eigenvalue weighted by atomic mass is 16.5. The summed E-state index contributed by atoms with van der Waals surface area (Å²) in [6.45, 7) is 6.38. The molecule has 5 heteroatoms. The minimum absolute atomic E-state index is 0.0164. The predicted molar refractivity (Wildman–Crippen MR) is 135 cm³/mol. The first kappa shape index (κ1) is 24.1. The van der Waals surface area contributed by atoms with Crippen molar-refractivity contribution in [3.8, 4) is 22.6 Å². The summed E-state index contributed by atoms with van der Waals surface area (Å²) < 4.78 is 6.62. The van der Waals surface area contributed by atoms with Crippen molar-refractivity contribution >= 4 is 5.78 Å². The van der Waals surface area contributed by atoms with Gasteiger partial charge in [-0.05, 0) is 68.1 Å². The molecule has 4 rings (SSSR count). The lowest BCUT2D eigenvalue weighted by molar-refractivity contribution is 0.0803. The number of ether oxygens (including phenoxy) is 1. The van der Waals surface area contributed by atoms with E-state index in [-0.39, 0.29) is 23.0 Å². The Morgan fingerprint density at radius 3 is 2.56 bits per heavy atom. The van der Waals surface area contributed by atoms with Crippen LogP contribution < -0.4 is 10.3 Å². The van der Waals surface area contributed by atoms with Crippen LogP contribution in [0.15, 0.2) is 59.1 Å². The van der Waals surface area contributed by atoms with Gasteiger partial charge in [0, 0.05) is 24.7 Å². The van der Waals surface area contributed by atoms with E-state index < -0.39 is 11.5 Å². The van der Waals surface area contributed by atoms with Crippen LogP contribution in [0.4, 0.5) is 0 Å². The summed E-state index contributed by atoms with van der Waals surface area (Å²) in [4.78, 5) is 27.2. The van der Waals surface area contributed by atoms with Gasteiger partial charge in [0.1, 0.15) is 17.1 Å². The molecule has 0 bridgehead atoms. The minimum Gasteiger partial charge on any atom is -0.506 e. The van der Waals surface area contributed by atoms with E-state index in [0.29, 0.717) is 34.6 Å². The van der Waals surface area contributed by atoms with Crippen LogP contribution in [0.2, 0.25) is 0 Å². The van der Waals surface area contributed by atoms with Gasteiger partial charge in [0.15, 0.2) is 5.78 Å². The second-order valence-electron chi connectivity index (χ2n) is 10.0. The van der Waals surface area contributed by atoms with E-state index in [1.165, 1.54) is 16.6 Å². The number of benzene rings is 1. The van der Waals surface area contributed by atoms with Crippen molar-refractivity contribution in [1.82, 2.24) is 4.57 Å². The van der Waals surface area contributed by atoms with Crippen LogP contribution in [0.5, 0.6) is 11.5 Å². The maximum Gasteiger partial charge on any atom is 0.265 e. The molecule has 1 heterocycles. The maximum absolute atomic E-state index is 14.0. The average molecular weight is 462 g/mol. The quantitative estimate of drug-likeness (QED) is 0.453. The van der Waals surface area contributed by atoms with Crippen molar-refractivity contribution in [1.29, 1.82) is 0 Å². The Morgan fingerprint density at radius 1 is 1.21 bits per heavy atom. The number of allylic oxidation sites excluding steroid dienone is 4. The van der Waals surface area contributed by atoms with Crippen LogP contribution in [-0.2, 0) is 7.05 Å². The standard InChI is InChI=1S/C29H35NO4/c1-6-7-22-23-14-17(2)8-13-21(23)18(3)15-24(22)27(31)26-28(32)25(16-30(4)29(26)33)19-9-11-20(34-5)12-10-19/h6-7,9-12,15-17,21-24,32H,8,13-14H2,1-5H3/b7-6+/t17-,21+,22+,23-,24+/m0/s1. The molecule has 2 aliphatic carbocycles. The van der Waals surface area contributed by atoms with Gasteiger partial charge in [0.25, 0.3) is 5.56 Å². The number of methoxy groups -OCH3 is 1. The smallest absolute Gasteiger partial charge is 0.265 e. The molecule has 2 aromatic rings. The van der Waals surface area contributed by atoms with Crippen LogP contribution in [-0.4, -0.2) is 22.6 Å². The van der Waals surface area contributed by atoms with Crippen molar-refractivity contribution in [3.63, 3.8) is 0 Å². The molecule has 180 valence electrons.